The summed E-state index contributed by atoms with van der Waals surface area (Å²) >= 11 is 7.39. The Balaban J connectivity index is 1.25. The number of thiazole rings is 1. The molecule has 5 atom stereocenters. The predicted octanol–water partition coefficient (Wildman–Crippen LogP) is 6.28. The molecule has 330 valence electrons. The summed E-state index contributed by atoms with van der Waals surface area (Å²) in [6, 6.07) is 2.13. The van der Waals surface area contributed by atoms with Crippen LogP contribution in [0.25, 0.3) is 21.6 Å². The summed E-state index contributed by atoms with van der Waals surface area (Å²) in [5.41, 5.74) is -3.49. The maximum Gasteiger partial charge on any atom is 0.434 e. The minimum atomic E-state index is -4.71. The van der Waals surface area contributed by atoms with Crippen molar-refractivity contribution >= 4 is 67.7 Å². The Morgan fingerprint density at radius 2 is 1.82 bits per heavy atom. The highest BCUT2D eigenvalue weighted by molar-refractivity contribution is 7.91. The minimum Gasteiger partial charge on any atom is -0.495 e. The van der Waals surface area contributed by atoms with Crippen molar-refractivity contribution in [2.75, 3.05) is 13.7 Å². The Morgan fingerprint density at radius 3 is 2.49 bits per heavy atom. The average Bonchev–Trinajstić information content (AvgIpc) is 4.05. The van der Waals surface area contributed by atoms with Gasteiger partial charge in [0.15, 0.2) is 5.69 Å². The number of hydrogen-bond acceptors (Lipinski definition) is 12. The SMILES string of the molecule is COc1ccc2c(O[C@@H]3C[C@H]4C(=O)N[C@]5(C(=O)NS(=O)(=O)C6CC6)C[C@@H]5/C=C\CCCCC[C@H](NC(=O)OC(C)(C)C)C(=O)N4C3)cc(-c3nc(C(F)(F)F)cs3)nc2c1Cl. The first-order valence-electron chi connectivity index (χ1n) is 19.9. The molecule has 21 heteroatoms. The first kappa shape index (κ1) is 44.4. The lowest BCUT2D eigenvalue weighted by Crippen LogP contribution is -2.58. The van der Waals surface area contributed by atoms with Gasteiger partial charge in [-0.3, -0.25) is 19.1 Å². The van der Waals surface area contributed by atoms with Crippen molar-refractivity contribution in [2.45, 2.75) is 119 Å². The van der Waals surface area contributed by atoms with Crippen LogP contribution in [-0.2, 0) is 35.3 Å². The number of alkyl carbamates (subject to hydrolysis) is 1. The summed E-state index contributed by atoms with van der Waals surface area (Å²) in [7, 11) is -2.59. The third-order valence-corrected chi connectivity index (χ3v) is 14.0. The van der Waals surface area contributed by atoms with Crippen molar-refractivity contribution in [1.29, 1.82) is 0 Å². The molecule has 2 aliphatic carbocycles. The molecule has 1 saturated heterocycles. The largest absolute Gasteiger partial charge is 0.495 e. The van der Waals surface area contributed by atoms with Crippen LogP contribution in [0.1, 0.15) is 84.3 Å². The molecule has 1 aromatic carbocycles. The maximum atomic E-state index is 14.6. The molecular weight excluding hydrogens is 865 g/mol. The number of ether oxygens (including phenoxy) is 3. The van der Waals surface area contributed by atoms with E-state index in [2.05, 4.69) is 25.3 Å². The number of pyridine rings is 1. The quantitative estimate of drug-likeness (QED) is 0.215. The molecule has 15 nitrogen and oxygen atoms in total. The van der Waals surface area contributed by atoms with Crippen LogP contribution in [0.5, 0.6) is 11.5 Å². The molecule has 7 rings (SSSR count). The van der Waals surface area contributed by atoms with Crippen LogP contribution in [0.3, 0.4) is 0 Å². The summed E-state index contributed by atoms with van der Waals surface area (Å²) in [6.45, 7) is 4.82. The standard InChI is InChI=1S/C40H46ClF3N6O9S2/c1-38(2,3)59-37(54)46-25-11-9-7-5-6-8-10-21-18-39(21,36(53)49-61(55,56)23-12-13-23)48-33(51)27-16-22(19-50(27)35(25)52)58-29-17-26(34-47-30(20-60-34)40(42,43)44)45-32-24(29)14-15-28(57-4)31(32)41/h8,10,14-15,17,20-23,25,27H,5-7,9,11-13,16,18-19H2,1-4H3,(H,46,54)(H,48,51)(H,49,53)/b10-8-/t21-,22+,25-,27-,39+/m0/s1. The van der Waals surface area contributed by atoms with Gasteiger partial charge >= 0.3 is 12.3 Å². The third-order valence-electron chi connectivity index (χ3n) is 10.9. The fraction of sp³-hybridized carbons (Fsp3) is 0.550. The lowest BCUT2D eigenvalue weighted by molar-refractivity contribution is -0.141. The number of halogens is 4. The van der Waals surface area contributed by atoms with E-state index in [1.54, 1.807) is 39.0 Å². The summed E-state index contributed by atoms with van der Waals surface area (Å²) in [4.78, 5) is 65.6. The fourth-order valence-electron chi connectivity index (χ4n) is 7.57. The van der Waals surface area contributed by atoms with Crippen molar-refractivity contribution in [1.82, 2.24) is 30.2 Å². The number of fused-ring (bicyclic) bond motifs is 3. The van der Waals surface area contributed by atoms with Crippen molar-refractivity contribution in [3.63, 3.8) is 0 Å². The Bertz CT molecular complexity index is 2370. The van der Waals surface area contributed by atoms with E-state index >= 15 is 0 Å². The lowest BCUT2D eigenvalue weighted by atomic mass is 10.0. The normalized spacial score (nSPS) is 25.6. The van der Waals surface area contributed by atoms with Crippen molar-refractivity contribution < 1.29 is 55.0 Å². The van der Waals surface area contributed by atoms with E-state index in [0.29, 0.717) is 48.8 Å². The van der Waals surface area contributed by atoms with Gasteiger partial charge in [0.2, 0.25) is 21.8 Å². The highest BCUT2D eigenvalue weighted by atomic mass is 35.5. The van der Waals surface area contributed by atoms with Crippen LogP contribution in [0.15, 0.2) is 35.7 Å². The molecule has 4 aliphatic rings. The number of carbonyl (C=O) groups excluding carboxylic acids is 4. The Labute approximate surface area is 359 Å². The lowest BCUT2D eigenvalue weighted by Gasteiger charge is -2.30. The van der Waals surface area contributed by atoms with Crippen LogP contribution < -0.4 is 24.8 Å². The third kappa shape index (κ3) is 9.85. The molecule has 3 aromatic rings. The summed E-state index contributed by atoms with van der Waals surface area (Å²) < 4.78 is 86.1. The smallest absolute Gasteiger partial charge is 0.434 e. The first-order valence-corrected chi connectivity index (χ1v) is 22.7. The van der Waals surface area contributed by atoms with Crippen LogP contribution >= 0.6 is 22.9 Å². The van der Waals surface area contributed by atoms with Gasteiger partial charge in [-0.1, -0.05) is 36.6 Å². The van der Waals surface area contributed by atoms with Crippen LogP contribution in [0.4, 0.5) is 18.0 Å². The van der Waals surface area contributed by atoms with Crippen molar-refractivity contribution in [2.24, 2.45) is 5.92 Å². The van der Waals surface area contributed by atoms with E-state index in [4.69, 9.17) is 25.8 Å². The highest BCUT2D eigenvalue weighted by Crippen LogP contribution is 2.46. The second-order valence-corrected chi connectivity index (χ2v) is 19.9. The van der Waals surface area contributed by atoms with Crippen LogP contribution in [0, 0.1) is 5.92 Å². The van der Waals surface area contributed by atoms with Gasteiger partial charge in [0, 0.05) is 29.2 Å². The van der Waals surface area contributed by atoms with E-state index in [1.807, 2.05) is 6.08 Å². The number of nitrogens with zero attached hydrogens (tertiary/aromatic N) is 3. The van der Waals surface area contributed by atoms with Gasteiger partial charge in [-0.25, -0.2) is 23.2 Å². The zero-order valence-electron chi connectivity index (χ0n) is 33.8. The number of aromatic nitrogens is 2. The van der Waals surface area contributed by atoms with Gasteiger partial charge in [0.05, 0.1) is 24.4 Å². The van der Waals surface area contributed by atoms with Gasteiger partial charge in [-0.2, -0.15) is 13.2 Å². The molecule has 0 unspecified atom stereocenters. The maximum absolute atomic E-state index is 14.6. The molecule has 0 spiro atoms. The van der Waals surface area contributed by atoms with E-state index in [0.717, 1.165) is 11.8 Å². The Hall–Kier alpha value is -4.69. The number of alkyl halides is 3. The highest BCUT2D eigenvalue weighted by Gasteiger charge is 2.62. The molecular formula is C40H46ClF3N6O9S2. The van der Waals surface area contributed by atoms with Gasteiger partial charge in [0.1, 0.15) is 56.6 Å². The summed E-state index contributed by atoms with van der Waals surface area (Å²) in [6.07, 6.45) is 0.752. The number of rotatable bonds is 8. The number of sulfonamides is 1. The molecule has 3 fully saturated rings. The number of nitrogens with one attached hydrogen (secondary N) is 3. The molecule has 3 N–H and O–H groups in total. The molecule has 0 bridgehead atoms. The topological polar surface area (TPSA) is 195 Å². The molecule has 2 aliphatic heterocycles. The zero-order valence-corrected chi connectivity index (χ0v) is 36.2. The summed E-state index contributed by atoms with van der Waals surface area (Å²) in [5, 5.41) is 5.96. The summed E-state index contributed by atoms with van der Waals surface area (Å²) in [5.74, 6) is -2.45. The Kier molecular flexibility index (Phi) is 12.3. The fourth-order valence-corrected chi connectivity index (χ4v) is 10.0. The first-order chi connectivity index (χ1) is 28.7. The Morgan fingerprint density at radius 1 is 1.07 bits per heavy atom. The number of carbonyl (C=O) groups is 4. The van der Waals surface area contributed by atoms with Crippen LogP contribution in [-0.4, -0.2) is 95.3 Å². The van der Waals surface area contributed by atoms with Gasteiger partial charge in [-0.15, -0.1) is 11.3 Å². The molecule has 4 heterocycles. The van der Waals surface area contributed by atoms with Crippen molar-refractivity contribution in [3.8, 4) is 22.2 Å². The molecule has 61 heavy (non-hydrogen) atoms. The molecule has 2 aromatic heterocycles. The van der Waals surface area contributed by atoms with Crippen LogP contribution in [0.2, 0.25) is 5.02 Å². The average molecular weight is 911 g/mol. The number of allylic oxidation sites excluding steroid dienone is 1. The van der Waals surface area contributed by atoms with Gasteiger partial charge in [-0.05, 0) is 71.4 Å². The van der Waals surface area contributed by atoms with Crippen molar-refractivity contribution in [3.05, 3.63) is 46.4 Å². The van der Waals surface area contributed by atoms with Gasteiger partial charge in [0.25, 0.3) is 5.91 Å². The second kappa shape index (κ2) is 16.9. The minimum absolute atomic E-state index is 0.00312. The van der Waals surface area contributed by atoms with Gasteiger partial charge < -0.3 is 29.7 Å². The number of benzene rings is 1. The van der Waals surface area contributed by atoms with E-state index < -0.39 is 86.2 Å². The number of amides is 4. The van der Waals surface area contributed by atoms with E-state index in [1.165, 1.54) is 18.1 Å². The molecule has 2 saturated carbocycles. The number of methoxy groups -OCH3 is 1. The second-order valence-electron chi connectivity index (χ2n) is 16.7. The monoisotopic (exact) mass is 910 g/mol. The van der Waals surface area contributed by atoms with E-state index in [-0.39, 0.29) is 58.5 Å². The zero-order chi connectivity index (χ0) is 44.1. The molecule has 4 amide bonds. The van der Waals surface area contributed by atoms with E-state index in [9.17, 15) is 40.8 Å². The molecule has 0 radical (unpaired) electrons. The number of hydrogen-bond donors (Lipinski definition) is 3. The predicted molar refractivity (Wildman–Crippen MR) is 218 cm³/mol.